The van der Waals surface area contributed by atoms with Crippen molar-refractivity contribution in [1.82, 2.24) is 0 Å². The van der Waals surface area contributed by atoms with Crippen LogP contribution in [-0.4, -0.2) is 51.2 Å². The predicted octanol–water partition coefficient (Wildman–Crippen LogP) is -1.15. The molecule has 30 valence electrons. The fourth-order valence-electron chi connectivity index (χ4n) is 0. The summed E-state index contributed by atoms with van der Waals surface area (Å²) >= 11 is 0. The van der Waals surface area contributed by atoms with Gasteiger partial charge in [0.25, 0.3) is 0 Å². The molecule has 0 heterocycles. The summed E-state index contributed by atoms with van der Waals surface area (Å²) in [6, 6.07) is 0. The first-order chi connectivity index (χ1) is 0. The molecule has 0 N–H and O–H groups in total. The Kier molecular flexibility index (Phi) is 296. The van der Waals surface area contributed by atoms with Gasteiger partial charge >= 0.3 is 34.7 Å². The fourth-order valence-corrected chi connectivity index (χ4v) is 0. The molecule has 5 heavy (non-hydrogen) atoms. The van der Waals surface area contributed by atoms with E-state index < -0.39 is 0 Å². The molecule has 0 atom stereocenters. The number of rotatable bonds is 0. The zero-order chi connectivity index (χ0) is 0. The summed E-state index contributed by atoms with van der Waals surface area (Å²) in [6.07, 6.45) is 0. The van der Waals surface area contributed by atoms with Gasteiger partial charge < -0.3 is 51.2 Å². The van der Waals surface area contributed by atoms with Crippen molar-refractivity contribution in [2.45, 2.75) is 0 Å². The second-order valence-corrected chi connectivity index (χ2v) is 0. The molecule has 0 aliphatic carbocycles. The summed E-state index contributed by atoms with van der Waals surface area (Å²) in [5.41, 5.74) is 0. The molecule has 0 aromatic heterocycles. The standard InChI is InChI=1S/2Cr.3Se/q2*+3;3*-2. The molecule has 0 fully saturated rings. The van der Waals surface area contributed by atoms with Crippen molar-refractivity contribution in [3.05, 3.63) is 0 Å². The molecule has 0 aromatic rings. The van der Waals surface area contributed by atoms with Crippen molar-refractivity contribution >= 4 is 51.2 Å². The Balaban J connectivity index is 0. The largest absolute Gasteiger partial charge is 3.00 e. The molecule has 0 amide bonds. The summed E-state index contributed by atoms with van der Waals surface area (Å²) in [5.74, 6) is 0. The molecule has 0 aromatic carbocycles. The van der Waals surface area contributed by atoms with Crippen LogP contribution in [0.1, 0.15) is 0 Å². The molecule has 0 aliphatic heterocycles. The van der Waals surface area contributed by atoms with Gasteiger partial charge in [-0.15, -0.1) is 0 Å². The van der Waals surface area contributed by atoms with E-state index in [-0.39, 0.29) is 85.9 Å². The van der Waals surface area contributed by atoms with Gasteiger partial charge in [-0.1, -0.05) is 0 Å². The topological polar surface area (TPSA) is 0 Å². The smallest absolute Gasteiger partial charge is 2.00 e. The third-order valence-electron chi connectivity index (χ3n) is 0. The van der Waals surface area contributed by atoms with Gasteiger partial charge in [0.1, 0.15) is 0 Å². The fraction of sp³-hybridized carbons (Fsp3) is 0. The van der Waals surface area contributed by atoms with E-state index in [2.05, 4.69) is 0 Å². The zero-order valence-corrected chi connectivity index (χ0v) is 9.73. The van der Waals surface area contributed by atoms with Crippen LogP contribution in [0, 0.1) is 0 Å². The van der Waals surface area contributed by atoms with Crippen molar-refractivity contribution in [1.29, 1.82) is 0 Å². The molecular formula is Cr2Se3. The van der Waals surface area contributed by atoms with Crippen LogP contribution in [0.4, 0.5) is 0 Å². The minimum absolute atomic E-state index is 0. The summed E-state index contributed by atoms with van der Waals surface area (Å²) in [6.45, 7) is 0. The van der Waals surface area contributed by atoms with Crippen LogP contribution in [0.25, 0.3) is 0 Å². The Hall–Kier alpha value is 2.62. The van der Waals surface area contributed by atoms with Gasteiger partial charge in [-0.05, 0) is 0 Å². The van der Waals surface area contributed by atoms with Crippen LogP contribution in [0.2, 0.25) is 0 Å². The minimum atomic E-state index is 0. The maximum Gasteiger partial charge on any atom is 3.00 e. The van der Waals surface area contributed by atoms with E-state index >= 15 is 0 Å². The molecule has 0 rings (SSSR count). The van der Waals surface area contributed by atoms with Crippen molar-refractivity contribution in [3.63, 3.8) is 0 Å². The van der Waals surface area contributed by atoms with Crippen LogP contribution < -0.4 is 0 Å². The van der Waals surface area contributed by atoms with Crippen LogP contribution in [0.15, 0.2) is 0 Å². The van der Waals surface area contributed by atoms with Gasteiger partial charge in [0, 0.05) is 0 Å². The van der Waals surface area contributed by atoms with Gasteiger partial charge in [0.15, 0.2) is 0 Å². The van der Waals surface area contributed by atoms with Gasteiger partial charge in [-0.2, -0.15) is 0 Å². The first kappa shape index (κ1) is 48.6. The molecule has 5 heteroatoms. The molecule has 0 spiro atoms. The van der Waals surface area contributed by atoms with Crippen molar-refractivity contribution in [3.8, 4) is 0 Å². The van der Waals surface area contributed by atoms with Gasteiger partial charge in [-0.25, -0.2) is 0 Å². The van der Waals surface area contributed by atoms with E-state index in [1.807, 2.05) is 0 Å². The zero-order valence-electron chi connectivity index (χ0n) is 2.04. The van der Waals surface area contributed by atoms with Crippen molar-refractivity contribution in [2.24, 2.45) is 0 Å². The Morgan fingerprint density at radius 3 is 0.400 bits per heavy atom. The summed E-state index contributed by atoms with van der Waals surface area (Å²) in [5, 5.41) is 0. The van der Waals surface area contributed by atoms with E-state index in [9.17, 15) is 0 Å². The Labute approximate surface area is 84.9 Å². The third-order valence-corrected chi connectivity index (χ3v) is 0. The monoisotopic (exact) mass is 344 g/mol. The molecule has 0 saturated heterocycles. The van der Waals surface area contributed by atoms with Gasteiger partial charge in [0.05, 0.1) is 0 Å². The maximum atomic E-state index is 0. The van der Waals surface area contributed by atoms with Crippen LogP contribution in [0.3, 0.4) is 0 Å². The van der Waals surface area contributed by atoms with E-state index in [0.29, 0.717) is 0 Å². The van der Waals surface area contributed by atoms with E-state index in [0.717, 1.165) is 0 Å². The summed E-state index contributed by atoms with van der Waals surface area (Å²) < 4.78 is 0. The van der Waals surface area contributed by atoms with E-state index in [1.54, 1.807) is 0 Å². The molecule has 0 unspecified atom stereocenters. The van der Waals surface area contributed by atoms with Crippen LogP contribution in [0.5, 0.6) is 0 Å². The minimum Gasteiger partial charge on any atom is -2.00 e. The SMILES string of the molecule is [Cr+3].[Cr+3].[Se-2].[Se-2].[Se-2]. The second-order valence-electron chi connectivity index (χ2n) is 0. The first-order valence-electron chi connectivity index (χ1n) is 0. The van der Waals surface area contributed by atoms with E-state index in [1.165, 1.54) is 0 Å². The third kappa shape index (κ3) is 20.6. The maximum absolute atomic E-state index is 0. The van der Waals surface area contributed by atoms with Gasteiger partial charge in [-0.3, -0.25) is 0 Å². The predicted molar refractivity (Wildman–Crippen MR) is 17.3 cm³/mol. The Morgan fingerprint density at radius 2 is 0.400 bits per heavy atom. The van der Waals surface area contributed by atoms with E-state index in [4.69, 9.17) is 0 Å². The Morgan fingerprint density at radius 1 is 0.400 bits per heavy atom. The molecule has 0 saturated carbocycles. The molecule has 2 radical (unpaired) electrons. The number of hydrogen-bond donors (Lipinski definition) is 0. The molecule has 0 bridgehead atoms. The summed E-state index contributed by atoms with van der Waals surface area (Å²) in [7, 11) is 0. The normalized spacial score (nSPS) is 0. The second kappa shape index (κ2) is 30.4. The van der Waals surface area contributed by atoms with Crippen molar-refractivity contribution < 1.29 is 34.7 Å². The van der Waals surface area contributed by atoms with Crippen molar-refractivity contribution in [2.75, 3.05) is 0 Å². The summed E-state index contributed by atoms with van der Waals surface area (Å²) in [4.78, 5) is 0. The molecular weight excluding hydrogens is 341 g/mol. The average molecular weight is 341 g/mol. The molecule has 0 aliphatic rings. The van der Waals surface area contributed by atoms with Gasteiger partial charge in [0.2, 0.25) is 0 Å². The quantitative estimate of drug-likeness (QED) is 0.489. The Bertz CT molecular complexity index is 4.85. The average Bonchev–Trinajstić information content (AvgIpc) is 0. The van der Waals surface area contributed by atoms with Crippen LogP contribution >= 0.6 is 0 Å². The van der Waals surface area contributed by atoms with Crippen LogP contribution in [-0.2, 0) is 34.7 Å². The number of hydrogen-bond acceptors (Lipinski definition) is 0. The first-order valence-corrected chi connectivity index (χ1v) is 0. The molecule has 0 nitrogen and oxygen atoms in total.